The summed E-state index contributed by atoms with van der Waals surface area (Å²) in [4.78, 5) is 0. The maximum atomic E-state index is 5.74. The Morgan fingerprint density at radius 2 is 1.53 bits per heavy atom. The number of hydrogen-bond donors (Lipinski definition) is 1. The molecule has 0 aliphatic carbocycles. The van der Waals surface area contributed by atoms with Crippen molar-refractivity contribution in [3.63, 3.8) is 0 Å². The zero-order chi connectivity index (χ0) is 13.5. The number of ether oxygens (including phenoxy) is 1. The molecular formula is C11H30NO2Si3. The van der Waals surface area contributed by atoms with Crippen LogP contribution in [0.5, 0.6) is 0 Å². The van der Waals surface area contributed by atoms with Crippen molar-refractivity contribution in [2.45, 2.75) is 51.9 Å². The van der Waals surface area contributed by atoms with Crippen molar-refractivity contribution in [2.24, 2.45) is 0 Å². The summed E-state index contributed by atoms with van der Waals surface area (Å²) in [5, 5.41) is 0. The van der Waals surface area contributed by atoms with Gasteiger partial charge in [-0.3, -0.25) is 0 Å². The van der Waals surface area contributed by atoms with E-state index in [2.05, 4.69) is 50.5 Å². The van der Waals surface area contributed by atoms with E-state index in [1.54, 1.807) is 0 Å². The van der Waals surface area contributed by atoms with E-state index >= 15 is 0 Å². The van der Waals surface area contributed by atoms with Crippen molar-refractivity contribution in [3.05, 3.63) is 0 Å². The van der Waals surface area contributed by atoms with Crippen LogP contribution in [0.2, 0.25) is 51.9 Å². The molecule has 0 aliphatic heterocycles. The molecule has 0 rings (SSSR count). The van der Waals surface area contributed by atoms with Crippen molar-refractivity contribution in [1.82, 2.24) is 4.65 Å². The van der Waals surface area contributed by atoms with Crippen LogP contribution in [0.4, 0.5) is 0 Å². The average molecular weight is 293 g/mol. The number of hydrogen-bond acceptors (Lipinski definition) is 3. The van der Waals surface area contributed by atoms with Crippen LogP contribution < -0.4 is 4.65 Å². The van der Waals surface area contributed by atoms with Crippen LogP contribution in [0.3, 0.4) is 0 Å². The summed E-state index contributed by atoms with van der Waals surface area (Å²) < 4.78 is 15.2. The molecule has 0 bridgehead atoms. The third-order valence-electron chi connectivity index (χ3n) is 2.22. The van der Waals surface area contributed by atoms with Gasteiger partial charge in [0.05, 0.1) is 13.2 Å². The van der Waals surface area contributed by atoms with Crippen LogP contribution in [-0.4, -0.2) is 45.3 Å². The Kier molecular flexibility index (Phi) is 8.10. The summed E-state index contributed by atoms with van der Waals surface area (Å²) >= 11 is 0. The van der Waals surface area contributed by atoms with Gasteiger partial charge in [-0.15, -0.1) is 0 Å². The summed E-state index contributed by atoms with van der Waals surface area (Å²) in [5.74, 6) is 0. The molecule has 1 N–H and O–H groups in total. The lowest BCUT2D eigenvalue weighted by molar-refractivity contribution is 0.107. The molecule has 0 aromatic rings. The fourth-order valence-electron chi connectivity index (χ4n) is 1.58. The molecule has 103 valence electrons. The van der Waals surface area contributed by atoms with Crippen molar-refractivity contribution in [1.29, 1.82) is 0 Å². The lowest BCUT2D eigenvalue weighted by Gasteiger charge is -2.26. The SMILES string of the molecule is C[Si](C)N[Si](C)(C)CCOCCO[Si](C)(C)C. The molecule has 0 aromatic heterocycles. The molecule has 0 aliphatic rings. The van der Waals surface area contributed by atoms with Gasteiger partial charge >= 0.3 is 0 Å². The average Bonchev–Trinajstić information content (AvgIpc) is 2.06. The second-order valence-electron chi connectivity index (χ2n) is 6.33. The molecule has 0 fully saturated rings. The molecule has 3 nitrogen and oxygen atoms in total. The summed E-state index contributed by atoms with van der Waals surface area (Å²) in [6.45, 7) is 18.4. The predicted octanol–water partition coefficient (Wildman–Crippen LogP) is 2.90. The monoisotopic (exact) mass is 292 g/mol. The Labute approximate surface area is 111 Å². The molecule has 0 saturated heterocycles. The Bertz CT molecular complexity index is 205. The van der Waals surface area contributed by atoms with E-state index in [1.807, 2.05) is 0 Å². The first-order valence-electron chi connectivity index (χ1n) is 6.42. The highest BCUT2D eigenvalue weighted by atomic mass is 28.4. The molecule has 17 heavy (non-hydrogen) atoms. The van der Waals surface area contributed by atoms with Gasteiger partial charge in [0.2, 0.25) is 0 Å². The standard InChI is InChI=1S/C11H30NO2Si3/c1-15(2)12-17(6,7)11-10-13-8-9-14-16(3,4)5/h12H,8-11H2,1-7H3. The normalized spacial score (nSPS) is 13.4. The van der Waals surface area contributed by atoms with Crippen LogP contribution in [0.15, 0.2) is 0 Å². The van der Waals surface area contributed by atoms with Gasteiger partial charge in [-0.2, -0.15) is 0 Å². The van der Waals surface area contributed by atoms with E-state index < -0.39 is 16.6 Å². The quantitative estimate of drug-likeness (QED) is 0.523. The molecule has 0 unspecified atom stereocenters. The van der Waals surface area contributed by atoms with Gasteiger partial charge in [-0.1, -0.05) is 26.2 Å². The van der Waals surface area contributed by atoms with Crippen molar-refractivity contribution < 1.29 is 9.16 Å². The highest BCUT2D eigenvalue weighted by Crippen LogP contribution is 2.06. The number of rotatable bonds is 9. The fourth-order valence-corrected chi connectivity index (χ4v) is 8.84. The van der Waals surface area contributed by atoms with Gasteiger partial charge in [0.1, 0.15) is 17.2 Å². The minimum absolute atomic E-state index is 0.320. The lowest BCUT2D eigenvalue weighted by atomic mass is 10.7. The van der Waals surface area contributed by atoms with Crippen LogP contribution in [0.1, 0.15) is 0 Å². The molecule has 0 spiro atoms. The Hall–Kier alpha value is 0.531. The van der Waals surface area contributed by atoms with Gasteiger partial charge < -0.3 is 13.8 Å². The van der Waals surface area contributed by atoms with Gasteiger partial charge in [0, 0.05) is 6.61 Å². The highest BCUT2D eigenvalue weighted by molar-refractivity contribution is 6.83. The molecular weight excluding hydrogens is 262 g/mol. The molecule has 1 radical (unpaired) electrons. The topological polar surface area (TPSA) is 30.5 Å². The highest BCUT2D eigenvalue weighted by Gasteiger charge is 2.21. The van der Waals surface area contributed by atoms with Crippen LogP contribution in [0, 0.1) is 0 Å². The van der Waals surface area contributed by atoms with E-state index in [9.17, 15) is 0 Å². The first-order chi connectivity index (χ1) is 7.62. The third kappa shape index (κ3) is 12.8. The first kappa shape index (κ1) is 17.5. The Balaban J connectivity index is 3.51. The van der Waals surface area contributed by atoms with E-state index in [0.29, 0.717) is 0 Å². The van der Waals surface area contributed by atoms with E-state index in [0.717, 1.165) is 19.8 Å². The third-order valence-corrected chi connectivity index (χ3v) is 9.45. The van der Waals surface area contributed by atoms with Gasteiger partial charge in [0.15, 0.2) is 8.32 Å². The zero-order valence-corrected chi connectivity index (χ0v) is 15.6. The van der Waals surface area contributed by atoms with Crippen molar-refractivity contribution in [2.75, 3.05) is 19.8 Å². The largest absolute Gasteiger partial charge is 0.415 e. The van der Waals surface area contributed by atoms with Crippen LogP contribution >= 0.6 is 0 Å². The predicted molar refractivity (Wildman–Crippen MR) is 83.0 cm³/mol. The second-order valence-corrected chi connectivity index (χ2v) is 18.1. The maximum absolute atomic E-state index is 5.74. The molecule has 0 heterocycles. The summed E-state index contributed by atoms with van der Waals surface area (Å²) in [7, 11) is -2.90. The lowest BCUT2D eigenvalue weighted by Crippen LogP contribution is -2.51. The Morgan fingerprint density at radius 3 is 2.00 bits per heavy atom. The maximum Gasteiger partial charge on any atom is 0.183 e. The summed E-state index contributed by atoms with van der Waals surface area (Å²) in [6.07, 6.45) is 0. The molecule has 0 amide bonds. The fraction of sp³-hybridized carbons (Fsp3) is 1.00. The van der Waals surface area contributed by atoms with Crippen LogP contribution in [0.25, 0.3) is 0 Å². The van der Waals surface area contributed by atoms with Crippen molar-refractivity contribution >= 4 is 25.5 Å². The Morgan fingerprint density at radius 1 is 0.941 bits per heavy atom. The van der Waals surface area contributed by atoms with Crippen molar-refractivity contribution in [3.8, 4) is 0 Å². The van der Waals surface area contributed by atoms with Gasteiger partial charge in [-0.25, -0.2) is 0 Å². The minimum Gasteiger partial charge on any atom is -0.415 e. The second kappa shape index (κ2) is 7.85. The zero-order valence-electron chi connectivity index (χ0n) is 12.6. The smallest absolute Gasteiger partial charge is 0.183 e. The van der Waals surface area contributed by atoms with E-state index in [1.165, 1.54) is 6.04 Å². The van der Waals surface area contributed by atoms with E-state index in [4.69, 9.17) is 9.16 Å². The molecule has 6 heteroatoms. The molecule has 0 atom stereocenters. The minimum atomic E-state index is -1.36. The molecule has 0 saturated carbocycles. The van der Waals surface area contributed by atoms with Crippen LogP contribution in [-0.2, 0) is 9.16 Å². The molecule has 0 aromatic carbocycles. The van der Waals surface area contributed by atoms with E-state index in [-0.39, 0.29) is 8.96 Å². The summed E-state index contributed by atoms with van der Waals surface area (Å²) in [6, 6.07) is 1.19. The summed E-state index contributed by atoms with van der Waals surface area (Å²) in [5.41, 5.74) is 0. The number of nitrogens with one attached hydrogen (secondary N) is 1. The van der Waals surface area contributed by atoms with Gasteiger partial charge in [0.25, 0.3) is 0 Å². The van der Waals surface area contributed by atoms with Gasteiger partial charge in [-0.05, 0) is 25.7 Å². The first-order valence-corrected chi connectivity index (χ1v) is 15.5.